The predicted molar refractivity (Wildman–Crippen MR) is 52.7 cm³/mol. The molecule has 0 saturated heterocycles. The van der Waals surface area contributed by atoms with Crippen LogP contribution in [0.3, 0.4) is 0 Å². The highest BCUT2D eigenvalue weighted by Crippen LogP contribution is 2.10. The first-order chi connectivity index (χ1) is 5.72. The summed E-state index contributed by atoms with van der Waals surface area (Å²) in [5.74, 6) is 0.434. The van der Waals surface area contributed by atoms with Crippen LogP contribution in [0.2, 0.25) is 0 Å². The Morgan fingerprint density at radius 2 is 2.33 bits per heavy atom. The zero-order valence-electron chi connectivity index (χ0n) is 7.67. The lowest BCUT2D eigenvalue weighted by molar-refractivity contribution is 0.921. The third-order valence-electron chi connectivity index (χ3n) is 1.80. The molecule has 2 N–H and O–H groups in total. The van der Waals surface area contributed by atoms with Gasteiger partial charge in [-0.15, -0.1) is 5.73 Å². The molecular formula is C11H15N. The summed E-state index contributed by atoms with van der Waals surface area (Å²) in [7, 11) is 0. The van der Waals surface area contributed by atoms with Crippen LogP contribution < -0.4 is 5.73 Å². The first kappa shape index (κ1) is 9.05. The SMILES string of the molecule is CC1=CC(CN)=CC(C)C=C=C1. The van der Waals surface area contributed by atoms with E-state index in [1.54, 1.807) is 0 Å². The van der Waals surface area contributed by atoms with E-state index in [4.69, 9.17) is 5.73 Å². The first-order valence-corrected chi connectivity index (χ1v) is 4.24. The second kappa shape index (κ2) is 4.10. The van der Waals surface area contributed by atoms with Crippen LogP contribution in [0, 0.1) is 5.92 Å². The lowest BCUT2D eigenvalue weighted by Gasteiger charge is -2.04. The van der Waals surface area contributed by atoms with E-state index >= 15 is 0 Å². The van der Waals surface area contributed by atoms with Crippen molar-refractivity contribution < 1.29 is 0 Å². The predicted octanol–water partition coefficient (Wildman–Crippen LogP) is 2.18. The Kier molecular flexibility index (Phi) is 3.09. The minimum absolute atomic E-state index is 0.434. The van der Waals surface area contributed by atoms with Crippen molar-refractivity contribution >= 4 is 0 Å². The minimum Gasteiger partial charge on any atom is -0.327 e. The zero-order chi connectivity index (χ0) is 8.97. The molecule has 1 aliphatic rings. The lowest BCUT2D eigenvalue weighted by atomic mass is 10.0. The Balaban J connectivity index is 2.96. The van der Waals surface area contributed by atoms with E-state index in [0.29, 0.717) is 12.5 Å². The smallest absolute Gasteiger partial charge is 0.0175 e. The molecule has 1 unspecified atom stereocenters. The largest absolute Gasteiger partial charge is 0.327 e. The highest BCUT2D eigenvalue weighted by molar-refractivity contribution is 5.32. The van der Waals surface area contributed by atoms with Gasteiger partial charge in [0.25, 0.3) is 0 Å². The van der Waals surface area contributed by atoms with Gasteiger partial charge >= 0.3 is 0 Å². The van der Waals surface area contributed by atoms with Gasteiger partial charge in [0, 0.05) is 12.5 Å². The molecule has 0 spiro atoms. The fraction of sp³-hybridized carbons (Fsp3) is 0.364. The van der Waals surface area contributed by atoms with E-state index in [1.807, 2.05) is 12.2 Å². The van der Waals surface area contributed by atoms with Crippen LogP contribution in [0.15, 0.2) is 41.2 Å². The van der Waals surface area contributed by atoms with Crippen LogP contribution in [0.5, 0.6) is 0 Å². The van der Waals surface area contributed by atoms with Crippen molar-refractivity contribution in [1.82, 2.24) is 0 Å². The lowest BCUT2D eigenvalue weighted by Crippen LogP contribution is -2.03. The Labute approximate surface area is 74.0 Å². The van der Waals surface area contributed by atoms with Crippen molar-refractivity contribution in [2.75, 3.05) is 6.54 Å². The van der Waals surface area contributed by atoms with Crippen molar-refractivity contribution in [2.24, 2.45) is 11.7 Å². The maximum atomic E-state index is 5.59. The Hall–Kier alpha value is -1.04. The summed E-state index contributed by atoms with van der Waals surface area (Å²) in [6.45, 7) is 4.80. The van der Waals surface area contributed by atoms with Crippen LogP contribution >= 0.6 is 0 Å². The van der Waals surface area contributed by atoms with Crippen LogP contribution in [-0.4, -0.2) is 6.54 Å². The van der Waals surface area contributed by atoms with E-state index in [-0.39, 0.29) is 0 Å². The number of allylic oxidation sites excluding steroid dienone is 3. The molecule has 64 valence electrons. The molecule has 12 heavy (non-hydrogen) atoms. The van der Waals surface area contributed by atoms with Gasteiger partial charge in [-0.05, 0) is 30.2 Å². The van der Waals surface area contributed by atoms with Gasteiger partial charge in [0.05, 0.1) is 0 Å². The summed E-state index contributed by atoms with van der Waals surface area (Å²) in [4.78, 5) is 0. The maximum Gasteiger partial charge on any atom is 0.0175 e. The molecule has 0 aliphatic heterocycles. The Bertz CT molecular complexity index is 275. The molecule has 0 radical (unpaired) electrons. The number of nitrogens with two attached hydrogens (primary N) is 1. The highest BCUT2D eigenvalue weighted by atomic mass is 14.5. The Morgan fingerprint density at radius 1 is 1.58 bits per heavy atom. The molecule has 0 aromatic carbocycles. The van der Waals surface area contributed by atoms with Gasteiger partial charge in [-0.25, -0.2) is 0 Å². The van der Waals surface area contributed by atoms with Crippen LogP contribution in [0.1, 0.15) is 13.8 Å². The fourth-order valence-corrected chi connectivity index (χ4v) is 1.23. The molecule has 0 aromatic rings. The van der Waals surface area contributed by atoms with Crippen LogP contribution in [-0.2, 0) is 0 Å². The second-order valence-corrected chi connectivity index (χ2v) is 3.17. The number of rotatable bonds is 1. The second-order valence-electron chi connectivity index (χ2n) is 3.17. The molecule has 1 heteroatoms. The van der Waals surface area contributed by atoms with E-state index < -0.39 is 0 Å². The van der Waals surface area contributed by atoms with Gasteiger partial charge < -0.3 is 5.73 Å². The normalized spacial score (nSPS) is 22.8. The molecule has 1 atom stereocenters. The molecule has 0 aromatic heterocycles. The standard InChI is InChI=1S/C11H15N/c1-9-4-3-5-10(2)7-11(6-9)8-12/h4-7,9H,8,12H2,1-2H3. The van der Waals surface area contributed by atoms with E-state index in [9.17, 15) is 0 Å². The molecule has 1 rings (SSSR count). The van der Waals surface area contributed by atoms with Gasteiger partial charge in [0.2, 0.25) is 0 Å². The molecule has 0 amide bonds. The first-order valence-electron chi connectivity index (χ1n) is 4.24. The molecule has 1 aliphatic carbocycles. The molecule has 0 heterocycles. The van der Waals surface area contributed by atoms with Gasteiger partial charge in [-0.3, -0.25) is 0 Å². The third-order valence-corrected chi connectivity index (χ3v) is 1.80. The van der Waals surface area contributed by atoms with Crippen molar-refractivity contribution in [3.63, 3.8) is 0 Å². The van der Waals surface area contributed by atoms with E-state index in [1.165, 1.54) is 11.1 Å². The summed E-state index contributed by atoms with van der Waals surface area (Å²) in [6.07, 6.45) is 8.31. The number of hydrogen-bond donors (Lipinski definition) is 1. The van der Waals surface area contributed by atoms with Crippen molar-refractivity contribution in [2.45, 2.75) is 13.8 Å². The van der Waals surface area contributed by atoms with Gasteiger partial charge in [0.1, 0.15) is 0 Å². The quantitative estimate of drug-likeness (QED) is 0.586. The molecule has 0 saturated carbocycles. The summed E-state index contributed by atoms with van der Waals surface area (Å²) in [6, 6.07) is 0. The maximum absolute atomic E-state index is 5.59. The minimum atomic E-state index is 0.434. The van der Waals surface area contributed by atoms with Crippen molar-refractivity contribution in [3.8, 4) is 0 Å². The van der Waals surface area contributed by atoms with E-state index in [0.717, 1.165) is 0 Å². The highest BCUT2D eigenvalue weighted by Gasteiger charge is 1.97. The summed E-state index contributed by atoms with van der Waals surface area (Å²) in [5, 5.41) is 0. The van der Waals surface area contributed by atoms with Gasteiger partial charge in [0.15, 0.2) is 0 Å². The molecule has 0 bridgehead atoms. The zero-order valence-corrected chi connectivity index (χ0v) is 7.67. The average molecular weight is 161 g/mol. The topological polar surface area (TPSA) is 26.0 Å². The third kappa shape index (κ3) is 2.54. The Morgan fingerprint density at radius 3 is 3.00 bits per heavy atom. The summed E-state index contributed by atoms with van der Waals surface area (Å²) < 4.78 is 0. The van der Waals surface area contributed by atoms with E-state index in [2.05, 4.69) is 31.7 Å². The van der Waals surface area contributed by atoms with Gasteiger partial charge in [-0.1, -0.05) is 19.1 Å². The van der Waals surface area contributed by atoms with Gasteiger partial charge in [-0.2, -0.15) is 0 Å². The molecule has 0 fully saturated rings. The monoisotopic (exact) mass is 161 g/mol. The van der Waals surface area contributed by atoms with Crippen LogP contribution in [0.25, 0.3) is 0 Å². The molecular weight excluding hydrogens is 146 g/mol. The average Bonchev–Trinajstić information content (AvgIpc) is 2.00. The summed E-state index contributed by atoms with van der Waals surface area (Å²) >= 11 is 0. The van der Waals surface area contributed by atoms with Crippen LogP contribution in [0.4, 0.5) is 0 Å². The summed E-state index contributed by atoms with van der Waals surface area (Å²) in [5.41, 5.74) is 11.1. The van der Waals surface area contributed by atoms with Crippen molar-refractivity contribution in [3.05, 3.63) is 41.2 Å². The molecule has 1 nitrogen and oxygen atoms in total. The number of hydrogen-bond acceptors (Lipinski definition) is 1. The van der Waals surface area contributed by atoms with Crippen molar-refractivity contribution in [1.29, 1.82) is 0 Å². The fourth-order valence-electron chi connectivity index (χ4n) is 1.23.